The Kier molecular flexibility index (Phi) is 2.08. The van der Waals surface area contributed by atoms with Gasteiger partial charge in [0.05, 0.1) is 0 Å². The number of rotatable bonds is 0. The first-order chi connectivity index (χ1) is 10.3. The molecule has 3 aromatic carbocycles. The Morgan fingerprint density at radius 2 is 1.24 bits per heavy atom. The zero-order chi connectivity index (χ0) is 14.0. The molecule has 0 saturated carbocycles. The topological polar surface area (TPSA) is 0 Å². The molecule has 0 amide bonds. The van der Waals surface area contributed by atoms with Gasteiger partial charge in [0, 0.05) is 0 Å². The van der Waals surface area contributed by atoms with E-state index in [0.717, 1.165) is 12.8 Å². The van der Waals surface area contributed by atoms with Crippen molar-refractivity contribution >= 4 is 0 Å². The smallest absolute Gasteiger partial charge is 0.00133 e. The molecule has 0 unspecified atom stereocenters. The minimum Gasteiger partial charge on any atom is -0.0619 e. The van der Waals surface area contributed by atoms with Crippen molar-refractivity contribution in [1.29, 1.82) is 0 Å². The zero-order valence-electron chi connectivity index (χ0n) is 12.1. The molecule has 0 N–H and O–H groups in total. The number of hydrogen-bond donors (Lipinski definition) is 0. The van der Waals surface area contributed by atoms with Gasteiger partial charge in [0.1, 0.15) is 0 Å². The first-order valence-electron chi connectivity index (χ1n) is 7.63. The van der Waals surface area contributed by atoms with Gasteiger partial charge in [-0.25, -0.2) is 0 Å². The Morgan fingerprint density at radius 1 is 0.571 bits per heavy atom. The first-order valence-corrected chi connectivity index (χ1v) is 7.63. The van der Waals surface area contributed by atoms with E-state index in [9.17, 15) is 0 Å². The molecule has 0 aromatic heterocycles. The van der Waals surface area contributed by atoms with Crippen LogP contribution in [0.25, 0.3) is 22.3 Å². The highest BCUT2D eigenvalue weighted by Gasteiger charge is 2.24. The van der Waals surface area contributed by atoms with Crippen LogP contribution < -0.4 is 0 Å². The molecule has 0 radical (unpaired) electrons. The molecule has 2 aliphatic carbocycles. The average molecular weight is 268 g/mol. The van der Waals surface area contributed by atoms with E-state index in [2.05, 4.69) is 61.5 Å². The number of hydrogen-bond acceptors (Lipinski definition) is 0. The van der Waals surface area contributed by atoms with Gasteiger partial charge in [-0.15, -0.1) is 0 Å². The molecule has 5 rings (SSSR count). The summed E-state index contributed by atoms with van der Waals surface area (Å²) in [5, 5.41) is 0. The van der Waals surface area contributed by atoms with Crippen molar-refractivity contribution in [1.82, 2.24) is 0 Å². The fourth-order valence-corrected chi connectivity index (χ4v) is 3.93. The molecule has 100 valence electrons. The van der Waals surface area contributed by atoms with Crippen LogP contribution in [0.3, 0.4) is 0 Å². The highest BCUT2D eigenvalue weighted by molar-refractivity contribution is 5.86. The number of benzene rings is 3. The Bertz CT molecular complexity index is 900. The van der Waals surface area contributed by atoms with E-state index in [1.54, 1.807) is 0 Å². The summed E-state index contributed by atoms with van der Waals surface area (Å²) in [6.45, 7) is 2.18. The van der Waals surface area contributed by atoms with Crippen molar-refractivity contribution in [2.45, 2.75) is 19.8 Å². The van der Waals surface area contributed by atoms with E-state index in [1.807, 2.05) is 0 Å². The molecular weight excluding hydrogens is 252 g/mol. The second-order valence-corrected chi connectivity index (χ2v) is 6.34. The largest absolute Gasteiger partial charge is 0.0619 e. The lowest BCUT2D eigenvalue weighted by Gasteiger charge is -2.07. The van der Waals surface area contributed by atoms with Gasteiger partial charge in [-0.2, -0.15) is 0 Å². The molecule has 3 aromatic rings. The van der Waals surface area contributed by atoms with E-state index in [-0.39, 0.29) is 0 Å². The Hall–Kier alpha value is -2.34. The molecular formula is C21H16. The van der Waals surface area contributed by atoms with Crippen LogP contribution in [-0.2, 0) is 12.8 Å². The third-order valence-electron chi connectivity index (χ3n) is 4.95. The van der Waals surface area contributed by atoms with Crippen molar-refractivity contribution in [3.05, 3.63) is 82.4 Å². The standard InChI is InChI=1S/C21H16/c1-13-6-7-15-10-17-11-16-9-14-4-2-3-5-18(14)20(16)12-21(17)19(15)8-13/h2-8,11-12H,9-10H2,1H3. The second kappa shape index (κ2) is 3.85. The highest BCUT2D eigenvalue weighted by atomic mass is 14.3. The summed E-state index contributed by atoms with van der Waals surface area (Å²) in [5.41, 5.74) is 13.1. The van der Waals surface area contributed by atoms with Crippen molar-refractivity contribution < 1.29 is 0 Å². The normalized spacial score (nSPS) is 13.6. The van der Waals surface area contributed by atoms with Gasteiger partial charge in [-0.1, -0.05) is 54.1 Å². The third-order valence-corrected chi connectivity index (χ3v) is 4.95. The first kappa shape index (κ1) is 11.3. The van der Waals surface area contributed by atoms with E-state index in [0.29, 0.717) is 0 Å². The van der Waals surface area contributed by atoms with Crippen LogP contribution in [0.4, 0.5) is 0 Å². The van der Waals surface area contributed by atoms with Gasteiger partial charge < -0.3 is 0 Å². The molecule has 0 aliphatic heterocycles. The van der Waals surface area contributed by atoms with Crippen LogP contribution in [0, 0.1) is 6.92 Å². The van der Waals surface area contributed by atoms with Gasteiger partial charge in [0.15, 0.2) is 0 Å². The predicted octanol–water partition coefficient (Wildman–Crippen LogP) is 5.14. The molecule has 21 heavy (non-hydrogen) atoms. The van der Waals surface area contributed by atoms with Gasteiger partial charge in [-0.05, 0) is 70.3 Å². The lowest BCUT2D eigenvalue weighted by molar-refractivity contribution is 1.21. The zero-order valence-corrected chi connectivity index (χ0v) is 12.1. The molecule has 0 heterocycles. The van der Waals surface area contributed by atoms with Crippen LogP contribution in [0.2, 0.25) is 0 Å². The summed E-state index contributed by atoms with van der Waals surface area (Å²) >= 11 is 0. The van der Waals surface area contributed by atoms with Crippen LogP contribution in [0.5, 0.6) is 0 Å². The third kappa shape index (κ3) is 1.50. The summed E-state index contributed by atoms with van der Waals surface area (Å²) in [6, 6.07) is 20.6. The van der Waals surface area contributed by atoms with Crippen LogP contribution in [-0.4, -0.2) is 0 Å². The van der Waals surface area contributed by atoms with Crippen molar-refractivity contribution in [3.63, 3.8) is 0 Å². The molecule has 0 heteroatoms. The maximum atomic E-state index is 2.44. The highest BCUT2D eigenvalue weighted by Crippen LogP contribution is 2.44. The lowest BCUT2D eigenvalue weighted by Crippen LogP contribution is -1.86. The summed E-state index contributed by atoms with van der Waals surface area (Å²) in [7, 11) is 0. The summed E-state index contributed by atoms with van der Waals surface area (Å²) < 4.78 is 0. The maximum Gasteiger partial charge on any atom is -0.00133 e. The molecule has 0 nitrogen and oxygen atoms in total. The van der Waals surface area contributed by atoms with Crippen molar-refractivity contribution in [2.75, 3.05) is 0 Å². The van der Waals surface area contributed by atoms with Crippen LogP contribution >= 0.6 is 0 Å². The minimum absolute atomic E-state index is 1.09. The average Bonchev–Trinajstić information content (AvgIpc) is 3.02. The molecule has 0 bridgehead atoms. The molecule has 0 spiro atoms. The van der Waals surface area contributed by atoms with Crippen molar-refractivity contribution in [3.8, 4) is 22.3 Å². The fraction of sp³-hybridized carbons (Fsp3) is 0.143. The molecule has 0 atom stereocenters. The summed E-state index contributed by atoms with van der Waals surface area (Å²) in [6.07, 6.45) is 2.18. The fourth-order valence-electron chi connectivity index (χ4n) is 3.93. The molecule has 0 fully saturated rings. The Balaban J connectivity index is 1.77. The van der Waals surface area contributed by atoms with Crippen molar-refractivity contribution in [2.24, 2.45) is 0 Å². The number of fused-ring (bicyclic) bond motifs is 6. The summed E-state index contributed by atoms with van der Waals surface area (Å²) in [5.74, 6) is 0. The van der Waals surface area contributed by atoms with Gasteiger partial charge in [0.25, 0.3) is 0 Å². The Labute approximate surface area is 125 Å². The summed E-state index contributed by atoms with van der Waals surface area (Å²) in [4.78, 5) is 0. The Morgan fingerprint density at radius 3 is 2.10 bits per heavy atom. The van der Waals surface area contributed by atoms with Crippen LogP contribution in [0.15, 0.2) is 54.6 Å². The van der Waals surface area contributed by atoms with Gasteiger partial charge in [-0.3, -0.25) is 0 Å². The van der Waals surface area contributed by atoms with E-state index < -0.39 is 0 Å². The van der Waals surface area contributed by atoms with Crippen LogP contribution in [0.1, 0.15) is 27.8 Å². The lowest BCUT2D eigenvalue weighted by atomic mass is 9.97. The second-order valence-electron chi connectivity index (χ2n) is 6.34. The quantitative estimate of drug-likeness (QED) is 0.365. The van der Waals surface area contributed by atoms with Gasteiger partial charge in [0.2, 0.25) is 0 Å². The maximum absolute atomic E-state index is 2.44. The minimum atomic E-state index is 1.09. The molecule has 2 aliphatic rings. The SMILES string of the molecule is Cc1ccc2c(c1)-c1cc3c(cc1C2)Cc1ccccc1-3. The predicted molar refractivity (Wildman–Crippen MR) is 87.7 cm³/mol. The monoisotopic (exact) mass is 268 g/mol. The van der Waals surface area contributed by atoms with E-state index in [1.165, 1.54) is 50.1 Å². The molecule has 0 saturated heterocycles. The van der Waals surface area contributed by atoms with Gasteiger partial charge >= 0.3 is 0 Å². The van der Waals surface area contributed by atoms with E-state index >= 15 is 0 Å². The number of aryl methyl sites for hydroxylation is 1. The van der Waals surface area contributed by atoms with E-state index in [4.69, 9.17) is 0 Å².